The molecule has 3 rings (SSSR count). The first kappa shape index (κ1) is 18.8. The van der Waals surface area contributed by atoms with Gasteiger partial charge in [-0.2, -0.15) is 0 Å². The van der Waals surface area contributed by atoms with Gasteiger partial charge in [0.05, 0.1) is 6.54 Å². The second-order valence-electron chi connectivity index (χ2n) is 5.91. The van der Waals surface area contributed by atoms with Crippen LogP contribution in [0, 0.1) is 0 Å². The largest absolute Gasteiger partial charge is 0.345 e. The predicted molar refractivity (Wildman–Crippen MR) is 105 cm³/mol. The summed E-state index contributed by atoms with van der Waals surface area (Å²) in [6.07, 6.45) is 1.52. The van der Waals surface area contributed by atoms with Gasteiger partial charge < -0.3 is 0 Å². The molecule has 0 aliphatic heterocycles. The molecule has 3 aromatic rings. The van der Waals surface area contributed by atoms with Crippen LogP contribution in [0.1, 0.15) is 5.56 Å². The molecular weight excluding hydrogens is 364 g/mol. The van der Waals surface area contributed by atoms with Crippen LogP contribution >= 0.6 is 0 Å². The van der Waals surface area contributed by atoms with E-state index in [1.54, 1.807) is 7.05 Å². The molecule has 1 aromatic heterocycles. The lowest BCUT2D eigenvalue weighted by Gasteiger charge is -2.02. The monoisotopic (exact) mass is 384 g/mol. The van der Waals surface area contributed by atoms with E-state index in [2.05, 4.69) is 9.82 Å². The predicted octanol–water partition coefficient (Wildman–Crippen LogP) is 1.84. The first-order valence-corrected chi connectivity index (χ1v) is 9.93. The van der Waals surface area contributed by atoms with Gasteiger partial charge in [0.2, 0.25) is 10.0 Å². The van der Waals surface area contributed by atoms with Crippen LogP contribution in [0.4, 0.5) is 0 Å². The van der Waals surface area contributed by atoms with E-state index >= 15 is 0 Å². The maximum atomic E-state index is 12.3. The second kappa shape index (κ2) is 8.15. The molecule has 27 heavy (non-hydrogen) atoms. The molecule has 1 N–H and O–H groups in total. The fraction of sp³-hybridized carbons (Fsp3) is 0.158. The van der Waals surface area contributed by atoms with Crippen molar-refractivity contribution in [1.82, 2.24) is 19.1 Å². The minimum atomic E-state index is -3.60. The summed E-state index contributed by atoms with van der Waals surface area (Å²) in [5.41, 5.74) is 1.31. The summed E-state index contributed by atoms with van der Waals surface area (Å²) in [5.74, 6) is 0.535. The molecule has 2 aromatic carbocycles. The third kappa shape index (κ3) is 4.81. The number of rotatable bonds is 7. The van der Waals surface area contributed by atoms with Crippen LogP contribution in [0.25, 0.3) is 17.5 Å². The Labute approximate surface area is 157 Å². The van der Waals surface area contributed by atoms with E-state index in [0.717, 1.165) is 16.5 Å². The van der Waals surface area contributed by atoms with E-state index in [0.29, 0.717) is 5.82 Å². The lowest BCUT2D eigenvalue weighted by Crippen LogP contribution is -2.30. The van der Waals surface area contributed by atoms with Crippen molar-refractivity contribution in [3.63, 3.8) is 0 Å². The van der Waals surface area contributed by atoms with Crippen molar-refractivity contribution < 1.29 is 8.42 Å². The Bertz CT molecular complexity index is 1080. The molecule has 0 aliphatic carbocycles. The molecule has 0 spiro atoms. The molecule has 0 atom stereocenters. The summed E-state index contributed by atoms with van der Waals surface area (Å²) in [7, 11) is -1.96. The van der Waals surface area contributed by atoms with Gasteiger partial charge in [-0.1, -0.05) is 60.7 Å². The summed E-state index contributed by atoms with van der Waals surface area (Å²) in [6, 6.07) is 18.5. The van der Waals surface area contributed by atoms with Gasteiger partial charge in [-0.15, -0.1) is 5.10 Å². The number of benzene rings is 2. The van der Waals surface area contributed by atoms with E-state index in [-0.39, 0.29) is 18.8 Å². The van der Waals surface area contributed by atoms with E-state index in [1.807, 2.05) is 60.7 Å². The summed E-state index contributed by atoms with van der Waals surface area (Å²) in [5, 5.41) is 5.42. The summed E-state index contributed by atoms with van der Waals surface area (Å²) < 4.78 is 29.3. The van der Waals surface area contributed by atoms with Crippen molar-refractivity contribution >= 4 is 16.1 Å². The van der Waals surface area contributed by atoms with Crippen LogP contribution in [0.2, 0.25) is 0 Å². The summed E-state index contributed by atoms with van der Waals surface area (Å²) in [4.78, 5) is 12.3. The second-order valence-corrected chi connectivity index (χ2v) is 7.56. The van der Waals surface area contributed by atoms with Crippen molar-refractivity contribution in [2.24, 2.45) is 7.05 Å². The fourth-order valence-corrected chi connectivity index (χ4v) is 3.35. The van der Waals surface area contributed by atoms with Crippen LogP contribution in [-0.2, 0) is 23.6 Å². The van der Waals surface area contributed by atoms with E-state index < -0.39 is 10.0 Å². The highest BCUT2D eigenvalue weighted by molar-refractivity contribution is 7.92. The fourth-order valence-electron chi connectivity index (χ4n) is 2.55. The molecule has 0 saturated heterocycles. The van der Waals surface area contributed by atoms with Crippen LogP contribution in [0.5, 0.6) is 0 Å². The van der Waals surface area contributed by atoms with Crippen molar-refractivity contribution in [1.29, 1.82) is 0 Å². The summed E-state index contributed by atoms with van der Waals surface area (Å²) >= 11 is 0. The van der Waals surface area contributed by atoms with Gasteiger partial charge in [-0.05, 0) is 11.6 Å². The van der Waals surface area contributed by atoms with Crippen molar-refractivity contribution in [3.8, 4) is 11.4 Å². The number of hydrogen-bond acceptors (Lipinski definition) is 4. The maximum absolute atomic E-state index is 12.3. The topological polar surface area (TPSA) is 86.0 Å². The number of aromatic nitrogens is 3. The Morgan fingerprint density at radius 2 is 1.67 bits per heavy atom. The van der Waals surface area contributed by atoms with E-state index in [9.17, 15) is 13.2 Å². The lowest BCUT2D eigenvalue weighted by atomic mass is 10.2. The first-order chi connectivity index (χ1) is 13.0. The molecule has 7 nitrogen and oxygen atoms in total. The van der Waals surface area contributed by atoms with Gasteiger partial charge in [0.15, 0.2) is 5.82 Å². The molecule has 0 aliphatic rings. The molecule has 140 valence electrons. The minimum absolute atomic E-state index is 0.0621. The van der Waals surface area contributed by atoms with Crippen LogP contribution in [0.3, 0.4) is 0 Å². The van der Waals surface area contributed by atoms with Gasteiger partial charge >= 0.3 is 5.69 Å². The average Bonchev–Trinajstić information content (AvgIpc) is 2.96. The molecule has 0 amide bonds. The quantitative estimate of drug-likeness (QED) is 0.673. The zero-order chi connectivity index (χ0) is 19.3. The van der Waals surface area contributed by atoms with Crippen LogP contribution < -0.4 is 10.4 Å². The Morgan fingerprint density at radius 3 is 2.33 bits per heavy atom. The van der Waals surface area contributed by atoms with E-state index in [1.165, 1.54) is 15.3 Å². The Morgan fingerprint density at radius 1 is 1.04 bits per heavy atom. The molecule has 0 radical (unpaired) electrons. The van der Waals surface area contributed by atoms with Gasteiger partial charge in [0.25, 0.3) is 0 Å². The molecule has 0 saturated carbocycles. The maximum Gasteiger partial charge on any atom is 0.345 e. The Kier molecular flexibility index (Phi) is 5.68. The summed E-state index contributed by atoms with van der Waals surface area (Å²) in [6.45, 7) is 0.199. The zero-order valence-corrected chi connectivity index (χ0v) is 15.6. The highest BCUT2D eigenvalue weighted by Gasteiger charge is 2.12. The molecule has 8 heteroatoms. The Hall–Kier alpha value is -2.97. The number of nitrogens with zero attached hydrogens (tertiary/aromatic N) is 3. The average molecular weight is 384 g/mol. The lowest BCUT2D eigenvalue weighted by molar-refractivity contribution is 0.556. The van der Waals surface area contributed by atoms with Gasteiger partial charge in [-0.25, -0.2) is 22.6 Å². The van der Waals surface area contributed by atoms with Gasteiger partial charge in [0, 0.05) is 24.6 Å². The normalized spacial score (nSPS) is 11.9. The molecule has 0 fully saturated rings. The SMILES string of the molecule is Cn1c(-c2ccccc2)nn(CCNS(=O)(=O)C=Cc2ccccc2)c1=O. The van der Waals surface area contributed by atoms with Crippen molar-refractivity contribution in [3.05, 3.63) is 82.1 Å². The number of sulfonamides is 1. The number of nitrogens with one attached hydrogen (secondary N) is 1. The first-order valence-electron chi connectivity index (χ1n) is 8.38. The zero-order valence-electron chi connectivity index (χ0n) is 14.8. The highest BCUT2D eigenvalue weighted by atomic mass is 32.2. The van der Waals surface area contributed by atoms with Crippen molar-refractivity contribution in [2.75, 3.05) is 6.54 Å². The smallest absolute Gasteiger partial charge is 0.278 e. The van der Waals surface area contributed by atoms with E-state index in [4.69, 9.17) is 0 Å². The third-order valence-electron chi connectivity index (χ3n) is 3.94. The molecular formula is C19H20N4O3S. The Balaban J connectivity index is 1.65. The molecule has 0 bridgehead atoms. The van der Waals surface area contributed by atoms with Gasteiger partial charge in [-0.3, -0.25) is 4.57 Å². The molecule has 0 unspecified atom stereocenters. The minimum Gasteiger partial charge on any atom is -0.278 e. The van der Waals surface area contributed by atoms with Crippen LogP contribution in [0.15, 0.2) is 70.9 Å². The molecule has 1 heterocycles. The van der Waals surface area contributed by atoms with Gasteiger partial charge in [0.1, 0.15) is 0 Å². The number of hydrogen-bond donors (Lipinski definition) is 1. The standard InChI is InChI=1S/C19H20N4O3S/c1-22-18(17-10-6-3-7-11-17)21-23(19(22)24)14-13-20-27(25,26)15-12-16-8-4-2-5-9-16/h2-12,15,20H,13-14H2,1H3. The van der Waals surface area contributed by atoms with Crippen molar-refractivity contribution in [2.45, 2.75) is 6.54 Å². The highest BCUT2D eigenvalue weighted by Crippen LogP contribution is 2.13. The van der Waals surface area contributed by atoms with Crippen LogP contribution in [-0.4, -0.2) is 29.3 Å². The third-order valence-corrected chi connectivity index (χ3v) is 5.04.